The van der Waals surface area contributed by atoms with Gasteiger partial charge in [-0.2, -0.15) is 0 Å². The van der Waals surface area contributed by atoms with Crippen molar-refractivity contribution in [3.05, 3.63) is 0 Å². The number of hydrogen-bond acceptors (Lipinski definition) is 0. The fraction of sp³-hybridized carbons (Fsp3) is 1.00. The molecule has 0 saturated carbocycles. The smallest absolute Gasteiger partial charge is 0.0265 e. The molecule has 3 heteroatoms. The maximum absolute atomic E-state index is 10.4. The van der Waals surface area contributed by atoms with E-state index < -0.39 is 8.54 Å². The van der Waals surface area contributed by atoms with Crippen LogP contribution < -0.4 is 0 Å². The van der Waals surface area contributed by atoms with Crippen LogP contribution in [-0.2, 0) is 0 Å². The first-order valence-electron chi connectivity index (χ1n) is 0.878. The molecule has 0 aliphatic heterocycles. The SMILES string of the molecule is C[PH+](F)F. The first-order chi connectivity index (χ1) is 1.73. The van der Waals surface area contributed by atoms with Crippen LogP contribution >= 0.6 is 8.54 Å². The van der Waals surface area contributed by atoms with Crippen molar-refractivity contribution >= 4 is 8.54 Å². The predicted octanol–water partition coefficient (Wildman–Crippen LogP) is 1.60. The Morgan fingerprint density at radius 1 is 1.50 bits per heavy atom. The average Bonchev–Trinajstić information content (AvgIpc) is 0.811. The topological polar surface area (TPSA) is 0 Å². The minimum Gasteiger partial charge on any atom is -0.0265 e. The van der Waals surface area contributed by atoms with E-state index in [0.29, 0.717) is 0 Å². The Bertz CT molecular complexity index is 10.8. The van der Waals surface area contributed by atoms with Crippen LogP contribution in [0.15, 0.2) is 0 Å². The molecular formula is CH4F2P+. The lowest BCUT2D eigenvalue weighted by atomic mass is 12.0. The molecule has 0 aliphatic rings. The molecular weight excluding hydrogens is 81.0 g/mol. The molecule has 0 heterocycles. The summed E-state index contributed by atoms with van der Waals surface area (Å²) < 4.78 is 20.9. The summed E-state index contributed by atoms with van der Waals surface area (Å²) in [6.45, 7) is 0.935. The van der Waals surface area contributed by atoms with Gasteiger partial charge in [0.2, 0.25) is 0 Å². The van der Waals surface area contributed by atoms with E-state index in [1.54, 1.807) is 0 Å². The maximum atomic E-state index is 10.4. The zero-order valence-electron chi connectivity index (χ0n) is 2.26. The Balaban J connectivity index is 2.32. The molecule has 0 atom stereocenters. The molecule has 26 valence electrons. The zero-order chi connectivity index (χ0) is 3.58. The fourth-order valence-corrected chi connectivity index (χ4v) is 0. The summed E-state index contributed by atoms with van der Waals surface area (Å²) in [7, 11) is -2.88. The minimum atomic E-state index is -2.88. The van der Waals surface area contributed by atoms with Crippen molar-refractivity contribution in [3.63, 3.8) is 0 Å². The highest BCUT2D eigenvalue weighted by Crippen LogP contribution is 2.32. The van der Waals surface area contributed by atoms with Crippen LogP contribution in [0.2, 0.25) is 0 Å². The van der Waals surface area contributed by atoms with Gasteiger partial charge in [-0.25, -0.2) is 0 Å². The highest BCUT2D eigenvalue weighted by Gasteiger charge is 1.94. The van der Waals surface area contributed by atoms with Crippen LogP contribution in [0.5, 0.6) is 0 Å². The van der Waals surface area contributed by atoms with Crippen LogP contribution in [-0.4, -0.2) is 6.66 Å². The van der Waals surface area contributed by atoms with Gasteiger partial charge in [-0.15, -0.1) is 0 Å². The van der Waals surface area contributed by atoms with Crippen molar-refractivity contribution in [2.24, 2.45) is 0 Å². The first kappa shape index (κ1) is 4.29. The van der Waals surface area contributed by atoms with Gasteiger partial charge in [-0.05, 0) is 8.39 Å². The van der Waals surface area contributed by atoms with Gasteiger partial charge in [0.25, 0.3) is 0 Å². The van der Waals surface area contributed by atoms with Crippen molar-refractivity contribution in [2.75, 3.05) is 6.66 Å². The zero-order valence-corrected chi connectivity index (χ0v) is 3.26. The second kappa shape index (κ2) is 1.59. The lowest BCUT2D eigenvalue weighted by Crippen LogP contribution is -1.26. The van der Waals surface area contributed by atoms with Crippen LogP contribution in [0.1, 0.15) is 0 Å². The van der Waals surface area contributed by atoms with E-state index in [2.05, 4.69) is 0 Å². The van der Waals surface area contributed by atoms with E-state index in [1.807, 2.05) is 0 Å². The Morgan fingerprint density at radius 3 is 1.50 bits per heavy atom. The van der Waals surface area contributed by atoms with E-state index in [1.165, 1.54) is 0 Å². The summed E-state index contributed by atoms with van der Waals surface area (Å²) in [5.74, 6) is 0. The van der Waals surface area contributed by atoms with Crippen LogP contribution in [0.4, 0.5) is 8.39 Å². The highest BCUT2D eigenvalue weighted by atomic mass is 31.2. The quantitative estimate of drug-likeness (QED) is 0.392. The summed E-state index contributed by atoms with van der Waals surface area (Å²) in [6, 6.07) is 0. The number of halogens is 2. The molecule has 0 nitrogen and oxygen atoms in total. The third-order valence-electron chi connectivity index (χ3n) is 0. The average molecular weight is 85.0 g/mol. The standard InChI is InChI=1S/CH3F2P/c1-4(2)3/h1H3/p+1. The van der Waals surface area contributed by atoms with E-state index >= 15 is 0 Å². The van der Waals surface area contributed by atoms with Crippen molar-refractivity contribution < 1.29 is 8.39 Å². The van der Waals surface area contributed by atoms with Gasteiger partial charge in [-0.1, -0.05) is 0 Å². The summed E-state index contributed by atoms with van der Waals surface area (Å²) in [4.78, 5) is 0. The Morgan fingerprint density at radius 2 is 1.50 bits per heavy atom. The van der Waals surface area contributed by atoms with Gasteiger partial charge < -0.3 is 0 Å². The van der Waals surface area contributed by atoms with Gasteiger partial charge >= 0.3 is 8.54 Å². The molecule has 0 radical (unpaired) electrons. The molecule has 0 aliphatic carbocycles. The Hall–Kier alpha value is 0.290. The number of rotatable bonds is 0. The molecule has 0 saturated heterocycles. The second-order valence-electron chi connectivity index (χ2n) is 0.449. The summed E-state index contributed by atoms with van der Waals surface area (Å²) >= 11 is 0. The van der Waals surface area contributed by atoms with Crippen LogP contribution in [0, 0.1) is 0 Å². The lowest BCUT2D eigenvalue weighted by Gasteiger charge is -1.55. The monoisotopic (exact) mass is 85.0 g/mol. The highest BCUT2D eigenvalue weighted by molar-refractivity contribution is 7.45. The van der Waals surface area contributed by atoms with E-state index in [0.717, 1.165) is 6.66 Å². The number of hydrogen-bond donors (Lipinski definition) is 0. The van der Waals surface area contributed by atoms with Gasteiger partial charge in [0.15, 0.2) is 0 Å². The van der Waals surface area contributed by atoms with Gasteiger partial charge in [-0.3, -0.25) is 0 Å². The molecule has 0 fully saturated rings. The molecule has 0 N–H and O–H groups in total. The molecule has 0 spiro atoms. The van der Waals surface area contributed by atoms with Crippen molar-refractivity contribution in [1.29, 1.82) is 0 Å². The van der Waals surface area contributed by atoms with Crippen LogP contribution in [0.25, 0.3) is 0 Å². The Labute approximate surface area is 24.8 Å². The lowest BCUT2D eigenvalue weighted by molar-refractivity contribution is 0.756. The predicted molar refractivity (Wildman–Crippen MR) is 16.5 cm³/mol. The Kier molecular flexibility index (Phi) is 1.71. The molecule has 0 aromatic heterocycles. The normalized spacial score (nSPS) is 9.00. The second-order valence-corrected chi connectivity index (χ2v) is 1.35. The first-order valence-corrected chi connectivity index (χ1v) is 2.63. The van der Waals surface area contributed by atoms with Crippen molar-refractivity contribution in [3.8, 4) is 0 Å². The molecule has 0 bridgehead atoms. The molecule has 0 amide bonds. The fourth-order valence-electron chi connectivity index (χ4n) is 0. The van der Waals surface area contributed by atoms with E-state index in [-0.39, 0.29) is 0 Å². The summed E-state index contributed by atoms with van der Waals surface area (Å²) in [5.41, 5.74) is 0. The van der Waals surface area contributed by atoms with Gasteiger partial charge in [0.1, 0.15) is 6.66 Å². The minimum absolute atomic E-state index is 0.935. The van der Waals surface area contributed by atoms with E-state index in [4.69, 9.17) is 0 Å². The van der Waals surface area contributed by atoms with Gasteiger partial charge in [0.05, 0.1) is 0 Å². The molecule has 0 aromatic rings. The van der Waals surface area contributed by atoms with Gasteiger partial charge in [0, 0.05) is 0 Å². The van der Waals surface area contributed by atoms with E-state index in [9.17, 15) is 8.39 Å². The van der Waals surface area contributed by atoms with Crippen molar-refractivity contribution in [2.45, 2.75) is 0 Å². The molecule has 0 rings (SSSR count). The third-order valence-corrected chi connectivity index (χ3v) is 0. The molecule has 0 aromatic carbocycles. The third kappa shape index (κ3) is 45.3. The van der Waals surface area contributed by atoms with Crippen molar-refractivity contribution in [1.82, 2.24) is 0 Å². The largest absolute Gasteiger partial charge is 0.373 e. The molecule has 0 unspecified atom stereocenters. The summed E-state index contributed by atoms with van der Waals surface area (Å²) in [6.07, 6.45) is 0. The van der Waals surface area contributed by atoms with Crippen LogP contribution in [0.3, 0.4) is 0 Å². The molecule has 4 heavy (non-hydrogen) atoms. The maximum Gasteiger partial charge on any atom is 0.373 e. The summed E-state index contributed by atoms with van der Waals surface area (Å²) in [5, 5.41) is 0.